The summed E-state index contributed by atoms with van der Waals surface area (Å²) < 4.78 is 6.32. The maximum Gasteiger partial charge on any atom is 0.342 e. The highest BCUT2D eigenvalue weighted by molar-refractivity contribution is 5.72. The molecule has 1 aromatic rings. The number of carbonyl (C=O) groups is 1. The average molecular weight is 282 g/mol. The lowest BCUT2D eigenvalue weighted by molar-refractivity contribution is -0.392. The van der Waals surface area contributed by atoms with E-state index in [0.29, 0.717) is 25.5 Å². The minimum absolute atomic E-state index is 0.00575. The highest BCUT2D eigenvalue weighted by Crippen LogP contribution is 2.19. The number of hydrogen-bond acceptors (Lipinski definition) is 6. The summed E-state index contributed by atoms with van der Waals surface area (Å²) in [5, 5.41) is 10.9. The second-order valence-corrected chi connectivity index (χ2v) is 4.88. The third-order valence-electron chi connectivity index (χ3n) is 3.67. The third kappa shape index (κ3) is 2.96. The van der Waals surface area contributed by atoms with Crippen molar-refractivity contribution in [2.45, 2.75) is 19.9 Å². The van der Waals surface area contributed by atoms with Crippen molar-refractivity contribution >= 4 is 11.8 Å². The van der Waals surface area contributed by atoms with E-state index in [1.807, 2.05) is 0 Å². The third-order valence-corrected chi connectivity index (χ3v) is 3.67. The Labute approximate surface area is 116 Å². The van der Waals surface area contributed by atoms with Crippen molar-refractivity contribution in [1.82, 2.24) is 14.5 Å². The highest BCUT2D eigenvalue weighted by Gasteiger charge is 2.29. The SMILES string of the molecule is COC(=O)C1CCN(CCn2c([N+](=O)[O-])cnc2C)C1. The van der Waals surface area contributed by atoms with E-state index in [0.717, 1.165) is 13.0 Å². The van der Waals surface area contributed by atoms with Crippen molar-refractivity contribution in [3.63, 3.8) is 0 Å². The first-order chi connectivity index (χ1) is 9.52. The molecule has 1 unspecified atom stereocenters. The Balaban J connectivity index is 1.92. The van der Waals surface area contributed by atoms with Crippen LogP contribution >= 0.6 is 0 Å². The lowest BCUT2D eigenvalue weighted by Crippen LogP contribution is -2.27. The number of aryl methyl sites for hydroxylation is 1. The molecule has 1 fully saturated rings. The van der Waals surface area contributed by atoms with Gasteiger partial charge in [-0.1, -0.05) is 0 Å². The van der Waals surface area contributed by atoms with Crippen LogP contribution in [-0.2, 0) is 16.1 Å². The van der Waals surface area contributed by atoms with Gasteiger partial charge in [-0.2, -0.15) is 0 Å². The molecule has 1 atom stereocenters. The van der Waals surface area contributed by atoms with Gasteiger partial charge in [-0.3, -0.25) is 9.69 Å². The van der Waals surface area contributed by atoms with Crippen LogP contribution in [0.4, 0.5) is 5.82 Å². The zero-order valence-electron chi connectivity index (χ0n) is 11.6. The summed E-state index contributed by atoms with van der Waals surface area (Å²) in [5.41, 5.74) is 0. The molecule has 0 aromatic carbocycles. The fourth-order valence-corrected chi connectivity index (χ4v) is 2.51. The maximum atomic E-state index is 11.4. The number of imidazole rings is 1. The minimum Gasteiger partial charge on any atom is -0.469 e. The molecule has 0 saturated carbocycles. The Morgan fingerprint density at radius 3 is 3.00 bits per heavy atom. The van der Waals surface area contributed by atoms with Crippen LogP contribution in [0.1, 0.15) is 12.2 Å². The van der Waals surface area contributed by atoms with Crippen LogP contribution in [0.3, 0.4) is 0 Å². The summed E-state index contributed by atoms with van der Waals surface area (Å²) in [6.45, 7) is 4.35. The van der Waals surface area contributed by atoms with E-state index in [-0.39, 0.29) is 17.7 Å². The van der Waals surface area contributed by atoms with Gasteiger partial charge in [0.05, 0.1) is 13.0 Å². The van der Waals surface area contributed by atoms with E-state index >= 15 is 0 Å². The van der Waals surface area contributed by atoms with E-state index in [4.69, 9.17) is 4.74 Å². The Kier molecular flexibility index (Phi) is 4.33. The van der Waals surface area contributed by atoms with E-state index in [1.54, 1.807) is 11.5 Å². The van der Waals surface area contributed by atoms with Crippen molar-refractivity contribution in [2.75, 3.05) is 26.7 Å². The predicted octanol–water partition coefficient (Wildman–Crippen LogP) is 0.595. The molecule has 0 radical (unpaired) electrons. The molecule has 20 heavy (non-hydrogen) atoms. The van der Waals surface area contributed by atoms with Crippen LogP contribution in [0.2, 0.25) is 0 Å². The summed E-state index contributed by atoms with van der Waals surface area (Å²) in [7, 11) is 1.39. The van der Waals surface area contributed by atoms with Gasteiger partial charge in [0.25, 0.3) is 0 Å². The van der Waals surface area contributed by atoms with Crippen LogP contribution in [0.5, 0.6) is 0 Å². The van der Waals surface area contributed by atoms with Gasteiger partial charge < -0.3 is 14.9 Å². The molecule has 0 bridgehead atoms. The molecule has 2 heterocycles. The zero-order chi connectivity index (χ0) is 14.7. The average Bonchev–Trinajstić information content (AvgIpc) is 3.02. The summed E-state index contributed by atoms with van der Waals surface area (Å²) in [4.78, 5) is 28.0. The normalized spacial score (nSPS) is 19.2. The Hall–Kier alpha value is -1.96. The number of hydrogen-bond donors (Lipinski definition) is 0. The van der Waals surface area contributed by atoms with Gasteiger partial charge in [0, 0.05) is 20.0 Å². The fourth-order valence-electron chi connectivity index (χ4n) is 2.51. The number of carbonyl (C=O) groups excluding carboxylic acids is 1. The molecule has 1 saturated heterocycles. The first-order valence-corrected chi connectivity index (χ1v) is 6.49. The molecule has 2 rings (SSSR count). The van der Waals surface area contributed by atoms with Gasteiger partial charge in [0.2, 0.25) is 0 Å². The topological polar surface area (TPSA) is 90.5 Å². The van der Waals surface area contributed by atoms with Gasteiger partial charge >= 0.3 is 11.8 Å². The second-order valence-electron chi connectivity index (χ2n) is 4.88. The maximum absolute atomic E-state index is 11.4. The quantitative estimate of drug-likeness (QED) is 0.446. The second kappa shape index (κ2) is 6.00. The summed E-state index contributed by atoms with van der Waals surface area (Å²) >= 11 is 0. The minimum atomic E-state index is -0.429. The number of nitro groups is 1. The lowest BCUT2D eigenvalue weighted by atomic mass is 10.1. The molecule has 1 aromatic heterocycles. The van der Waals surface area contributed by atoms with E-state index in [1.165, 1.54) is 13.3 Å². The molecule has 0 N–H and O–H groups in total. The predicted molar refractivity (Wildman–Crippen MR) is 70.2 cm³/mol. The van der Waals surface area contributed by atoms with Crippen LogP contribution in [0.25, 0.3) is 0 Å². The first kappa shape index (κ1) is 14.4. The smallest absolute Gasteiger partial charge is 0.342 e. The molecule has 0 amide bonds. The Morgan fingerprint density at radius 2 is 2.35 bits per heavy atom. The van der Waals surface area contributed by atoms with Crippen LogP contribution in [0, 0.1) is 23.0 Å². The van der Waals surface area contributed by atoms with E-state index < -0.39 is 4.92 Å². The molecular formula is C12H18N4O4. The van der Waals surface area contributed by atoms with Gasteiger partial charge in [0.1, 0.15) is 12.7 Å². The van der Waals surface area contributed by atoms with Crippen LogP contribution < -0.4 is 0 Å². The molecular weight excluding hydrogens is 264 g/mol. The van der Waals surface area contributed by atoms with Crippen LogP contribution in [-0.4, -0.2) is 52.1 Å². The van der Waals surface area contributed by atoms with Crippen molar-refractivity contribution in [3.05, 3.63) is 22.1 Å². The fraction of sp³-hybridized carbons (Fsp3) is 0.667. The molecule has 8 nitrogen and oxygen atoms in total. The number of nitrogens with zero attached hydrogens (tertiary/aromatic N) is 4. The molecule has 0 spiro atoms. The number of aromatic nitrogens is 2. The van der Waals surface area contributed by atoms with Gasteiger partial charge in [-0.25, -0.2) is 9.55 Å². The molecule has 0 aliphatic carbocycles. The molecule has 1 aliphatic rings. The largest absolute Gasteiger partial charge is 0.469 e. The Bertz CT molecular complexity index is 514. The Morgan fingerprint density at radius 1 is 1.60 bits per heavy atom. The number of likely N-dealkylation sites (tertiary alicyclic amines) is 1. The monoisotopic (exact) mass is 282 g/mol. The highest BCUT2D eigenvalue weighted by atomic mass is 16.6. The summed E-state index contributed by atoms with van der Waals surface area (Å²) in [6.07, 6.45) is 2.05. The van der Waals surface area contributed by atoms with E-state index in [9.17, 15) is 14.9 Å². The zero-order valence-corrected chi connectivity index (χ0v) is 11.6. The molecule has 1 aliphatic heterocycles. The lowest BCUT2D eigenvalue weighted by Gasteiger charge is -2.14. The standard InChI is InChI=1S/C12H18N4O4/c1-9-13-7-11(16(18)19)15(9)6-5-14-4-3-10(8-14)12(17)20-2/h7,10H,3-6,8H2,1-2H3. The number of esters is 1. The van der Waals surface area contributed by atoms with Gasteiger partial charge in [0.15, 0.2) is 5.82 Å². The summed E-state index contributed by atoms with van der Waals surface area (Å²) in [5.74, 6) is 0.364. The molecule has 8 heteroatoms. The molecule has 110 valence electrons. The van der Waals surface area contributed by atoms with Gasteiger partial charge in [-0.05, 0) is 17.9 Å². The first-order valence-electron chi connectivity index (χ1n) is 6.49. The van der Waals surface area contributed by atoms with Crippen molar-refractivity contribution < 1.29 is 14.5 Å². The van der Waals surface area contributed by atoms with Crippen LogP contribution in [0.15, 0.2) is 6.20 Å². The van der Waals surface area contributed by atoms with Crippen molar-refractivity contribution in [2.24, 2.45) is 5.92 Å². The van der Waals surface area contributed by atoms with E-state index in [2.05, 4.69) is 9.88 Å². The number of rotatable bonds is 5. The van der Waals surface area contributed by atoms with Gasteiger partial charge in [-0.15, -0.1) is 0 Å². The number of ether oxygens (including phenoxy) is 1. The van der Waals surface area contributed by atoms with Crippen molar-refractivity contribution in [1.29, 1.82) is 0 Å². The van der Waals surface area contributed by atoms with Crippen molar-refractivity contribution in [3.8, 4) is 0 Å². The summed E-state index contributed by atoms with van der Waals surface area (Å²) in [6, 6.07) is 0. The number of methoxy groups -OCH3 is 1.